The molecule has 0 saturated carbocycles. The van der Waals surface area contributed by atoms with Crippen LogP contribution in [0.1, 0.15) is 33.3 Å². The summed E-state index contributed by atoms with van der Waals surface area (Å²) in [4.78, 5) is 14.3. The van der Waals surface area contributed by atoms with E-state index in [0.29, 0.717) is 0 Å². The van der Waals surface area contributed by atoms with Crippen molar-refractivity contribution < 1.29 is 4.79 Å². The van der Waals surface area contributed by atoms with E-state index in [1.807, 2.05) is 27.7 Å². The molecule has 2 N–H and O–H groups in total. The lowest BCUT2D eigenvalue weighted by molar-refractivity contribution is -0.119. The van der Waals surface area contributed by atoms with Gasteiger partial charge in [-0.3, -0.25) is 4.79 Å². The fourth-order valence-electron chi connectivity index (χ4n) is 2.70. The van der Waals surface area contributed by atoms with Crippen molar-refractivity contribution in [2.24, 2.45) is 0 Å². The molecule has 0 radical (unpaired) electrons. The number of nitrogens with one attached hydrogen (secondary N) is 2. The second-order valence-electron chi connectivity index (χ2n) is 5.55. The average molecular weight is 275 g/mol. The maximum absolute atomic E-state index is 11.9. The van der Waals surface area contributed by atoms with Crippen molar-refractivity contribution in [2.45, 2.75) is 33.1 Å². The van der Waals surface area contributed by atoms with Gasteiger partial charge in [0.2, 0.25) is 5.91 Å². The molecule has 0 bridgehead atoms. The van der Waals surface area contributed by atoms with Crippen LogP contribution in [0.25, 0.3) is 0 Å². The molecule has 2 aliphatic heterocycles. The SMILES string of the molecule is CC.CC1(C)C(=O)Nc2cc(N3CCNCC3)ccc21. The van der Waals surface area contributed by atoms with Crippen LogP contribution in [0.5, 0.6) is 0 Å². The molecule has 0 spiro atoms. The van der Waals surface area contributed by atoms with E-state index in [1.165, 1.54) is 5.69 Å². The number of carbonyl (C=O) groups is 1. The zero-order valence-corrected chi connectivity index (χ0v) is 12.9. The quantitative estimate of drug-likeness (QED) is 0.827. The number of anilines is 2. The zero-order valence-electron chi connectivity index (χ0n) is 12.9. The molecule has 4 heteroatoms. The largest absolute Gasteiger partial charge is 0.369 e. The maximum atomic E-state index is 11.9. The molecule has 0 aliphatic carbocycles. The lowest BCUT2D eigenvalue weighted by atomic mass is 9.86. The van der Waals surface area contributed by atoms with Crippen LogP contribution in [0.15, 0.2) is 18.2 Å². The van der Waals surface area contributed by atoms with Gasteiger partial charge in [0.1, 0.15) is 0 Å². The van der Waals surface area contributed by atoms with Crippen LogP contribution in [-0.2, 0) is 10.2 Å². The van der Waals surface area contributed by atoms with Gasteiger partial charge in [-0.2, -0.15) is 0 Å². The van der Waals surface area contributed by atoms with Crippen molar-refractivity contribution in [1.29, 1.82) is 0 Å². The normalized spacial score (nSPS) is 19.8. The predicted molar refractivity (Wildman–Crippen MR) is 84.5 cm³/mol. The third-order valence-electron chi connectivity index (χ3n) is 3.97. The number of nitrogens with zero attached hydrogens (tertiary/aromatic N) is 1. The second-order valence-corrected chi connectivity index (χ2v) is 5.55. The molecule has 1 saturated heterocycles. The Hall–Kier alpha value is -1.55. The predicted octanol–water partition coefficient (Wildman–Crippen LogP) is 2.35. The summed E-state index contributed by atoms with van der Waals surface area (Å²) >= 11 is 0. The standard InChI is InChI=1S/C14H19N3O.C2H6/c1-14(2)11-4-3-10(9-12(11)16-13(14)18)17-7-5-15-6-8-17;1-2/h3-4,9,15H,5-8H2,1-2H3,(H,16,18);1-2H3. The molecule has 20 heavy (non-hydrogen) atoms. The first-order valence-electron chi connectivity index (χ1n) is 7.51. The fraction of sp³-hybridized carbons (Fsp3) is 0.562. The third-order valence-corrected chi connectivity index (χ3v) is 3.97. The minimum atomic E-state index is -0.405. The van der Waals surface area contributed by atoms with Crippen molar-refractivity contribution in [3.8, 4) is 0 Å². The molecule has 4 nitrogen and oxygen atoms in total. The molecule has 3 rings (SSSR count). The van der Waals surface area contributed by atoms with Gasteiger partial charge >= 0.3 is 0 Å². The zero-order chi connectivity index (χ0) is 14.8. The topological polar surface area (TPSA) is 44.4 Å². The Kier molecular flexibility index (Phi) is 4.33. The summed E-state index contributed by atoms with van der Waals surface area (Å²) in [7, 11) is 0. The molecule has 2 heterocycles. The van der Waals surface area contributed by atoms with Gasteiger partial charge in [0, 0.05) is 37.6 Å². The molecular weight excluding hydrogens is 250 g/mol. The molecule has 0 unspecified atom stereocenters. The Morgan fingerprint density at radius 2 is 1.80 bits per heavy atom. The molecule has 1 aromatic carbocycles. The summed E-state index contributed by atoms with van der Waals surface area (Å²) in [6.07, 6.45) is 0. The Labute approximate surface area is 121 Å². The fourth-order valence-corrected chi connectivity index (χ4v) is 2.70. The number of piperazine rings is 1. The van der Waals surface area contributed by atoms with E-state index in [2.05, 4.69) is 33.7 Å². The number of carbonyl (C=O) groups excluding carboxylic acids is 1. The van der Waals surface area contributed by atoms with E-state index in [9.17, 15) is 4.79 Å². The van der Waals surface area contributed by atoms with E-state index in [-0.39, 0.29) is 5.91 Å². The van der Waals surface area contributed by atoms with Gasteiger partial charge in [0.25, 0.3) is 0 Å². The van der Waals surface area contributed by atoms with Gasteiger partial charge in [-0.15, -0.1) is 0 Å². The van der Waals surface area contributed by atoms with Gasteiger partial charge in [-0.05, 0) is 31.5 Å². The number of hydrogen-bond acceptors (Lipinski definition) is 3. The monoisotopic (exact) mass is 275 g/mol. The van der Waals surface area contributed by atoms with E-state index in [4.69, 9.17) is 0 Å². The van der Waals surface area contributed by atoms with Crippen molar-refractivity contribution >= 4 is 17.3 Å². The van der Waals surface area contributed by atoms with E-state index in [0.717, 1.165) is 37.4 Å². The maximum Gasteiger partial charge on any atom is 0.234 e. The number of benzene rings is 1. The smallest absolute Gasteiger partial charge is 0.234 e. The summed E-state index contributed by atoms with van der Waals surface area (Å²) < 4.78 is 0. The molecule has 1 aromatic rings. The third kappa shape index (κ3) is 2.52. The Morgan fingerprint density at radius 3 is 2.45 bits per heavy atom. The summed E-state index contributed by atoms with van der Waals surface area (Å²) in [5.74, 6) is 0.0926. The van der Waals surface area contributed by atoms with Crippen LogP contribution >= 0.6 is 0 Å². The molecule has 0 atom stereocenters. The second kappa shape index (κ2) is 5.83. The van der Waals surface area contributed by atoms with Crippen molar-refractivity contribution in [2.75, 3.05) is 36.4 Å². The Balaban J connectivity index is 0.000000704. The van der Waals surface area contributed by atoms with Crippen molar-refractivity contribution in [3.05, 3.63) is 23.8 Å². The van der Waals surface area contributed by atoms with Crippen LogP contribution in [0.2, 0.25) is 0 Å². The Morgan fingerprint density at radius 1 is 1.15 bits per heavy atom. The van der Waals surface area contributed by atoms with Crippen LogP contribution in [-0.4, -0.2) is 32.1 Å². The number of hydrogen-bond donors (Lipinski definition) is 2. The van der Waals surface area contributed by atoms with Crippen LogP contribution in [0, 0.1) is 0 Å². The highest BCUT2D eigenvalue weighted by Crippen LogP contribution is 2.39. The highest BCUT2D eigenvalue weighted by atomic mass is 16.2. The van der Waals surface area contributed by atoms with Gasteiger partial charge in [0.15, 0.2) is 0 Å². The summed E-state index contributed by atoms with van der Waals surface area (Å²) in [6.45, 7) is 12.0. The molecule has 1 fully saturated rings. The van der Waals surface area contributed by atoms with Gasteiger partial charge < -0.3 is 15.5 Å². The van der Waals surface area contributed by atoms with Crippen molar-refractivity contribution in [1.82, 2.24) is 5.32 Å². The first-order valence-corrected chi connectivity index (χ1v) is 7.51. The van der Waals surface area contributed by atoms with Crippen LogP contribution < -0.4 is 15.5 Å². The van der Waals surface area contributed by atoms with E-state index < -0.39 is 5.41 Å². The number of fused-ring (bicyclic) bond motifs is 1. The summed E-state index contributed by atoms with van der Waals surface area (Å²) in [6, 6.07) is 6.32. The summed E-state index contributed by atoms with van der Waals surface area (Å²) in [5, 5.41) is 6.33. The van der Waals surface area contributed by atoms with Gasteiger partial charge in [-0.1, -0.05) is 19.9 Å². The van der Waals surface area contributed by atoms with Gasteiger partial charge in [-0.25, -0.2) is 0 Å². The van der Waals surface area contributed by atoms with E-state index >= 15 is 0 Å². The summed E-state index contributed by atoms with van der Waals surface area (Å²) in [5.41, 5.74) is 2.87. The first kappa shape index (κ1) is 14.9. The van der Waals surface area contributed by atoms with Crippen LogP contribution in [0.4, 0.5) is 11.4 Å². The van der Waals surface area contributed by atoms with E-state index in [1.54, 1.807) is 0 Å². The average Bonchev–Trinajstić information content (AvgIpc) is 2.72. The molecule has 0 aromatic heterocycles. The number of rotatable bonds is 1. The highest BCUT2D eigenvalue weighted by molar-refractivity contribution is 6.06. The highest BCUT2D eigenvalue weighted by Gasteiger charge is 2.38. The van der Waals surface area contributed by atoms with Gasteiger partial charge in [0.05, 0.1) is 5.41 Å². The van der Waals surface area contributed by atoms with Crippen LogP contribution in [0.3, 0.4) is 0 Å². The van der Waals surface area contributed by atoms with Crippen molar-refractivity contribution in [3.63, 3.8) is 0 Å². The first-order chi connectivity index (χ1) is 9.59. The lowest BCUT2D eigenvalue weighted by Crippen LogP contribution is -2.43. The minimum absolute atomic E-state index is 0.0926. The molecule has 1 amide bonds. The molecular formula is C16H25N3O. The molecule has 110 valence electrons. The number of amides is 1. The minimum Gasteiger partial charge on any atom is -0.369 e. The molecule has 2 aliphatic rings. The Bertz CT molecular complexity index is 490. The lowest BCUT2D eigenvalue weighted by Gasteiger charge is -2.30.